The first kappa shape index (κ1) is 13.6. The first-order valence-electron chi connectivity index (χ1n) is 6.69. The smallest absolute Gasteiger partial charge is 0.0727 e. The highest BCUT2D eigenvalue weighted by Crippen LogP contribution is 2.25. The molecular formula is C15H22N4. The van der Waals surface area contributed by atoms with Gasteiger partial charge in [-0.2, -0.15) is 0 Å². The standard InChI is InChI=1S/C15H22N4/c1-4-19(3)8-7-17-15-9-11(2)18-14-6-5-12(16)10-13(14)15/h5-6,9-10H,4,7-8,16H2,1-3H3,(H,17,18). The number of aryl methyl sites for hydroxylation is 1. The summed E-state index contributed by atoms with van der Waals surface area (Å²) < 4.78 is 0. The van der Waals surface area contributed by atoms with Gasteiger partial charge in [0.05, 0.1) is 5.52 Å². The molecule has 3 N–H and O–H groups in total. The number of nitrogens with zero attached hydrogens (tertiary/aromatic N) is 2. The molecule has 4 heteroatoms. The third-order valence-corrected chi connectivity index (χ3v) is 3.31. The molecule has 0 aliphatic heterocycles. The van der Waals surface area contributed by atoms with E-state index in [1.54, 1.807) is 0 Å². The van der Waals surface area contributed by atoms with Crippen molar-refractivity contribution in [3.05, 3.63) is 30.0 Å². The highest BCUT2D eigenvalue weighted by atomic mass is 15.1. The van der Waals surface area contributed by atoms with Gasteiger partial charge in [0, 0.05) is 35.5 Å². The van der Waals surface area contributed by atoms with Crippen LogP contribution >= 0.6 is 0 Å². The molecule has 0 radical (unpaired) electrons. The van der Waals surface area contributed by atoms with Gasteiger partial charge in [-0.05, 0) is 44.8 Å². The fourth-order valence-corrected chi connectivity index (χ4v) is 2.06. The molecule has 0 saturated heterocycles. The Morgan fingerprint density at radius 2 is 2.11 bits per heavy atom. The van der Waals surface area contributed by atoms with E-state index in [9.17, 15) is 0 Å². The third-order valence-electron chi connectivity index (χ3n) is 3.31. The van der Waals surface area contributed by atoms with Crippen LogP contribution in [0.1, 0.15) is 12.6 Å². The number of hydrogen-bond donors (Lipinski definition) is 2. The van der Waals surface area contributed by atoms with Gasteiger partial charge in [0.25, 0.3) is 0 Å². The van der Waals surface area contributed by atoms with Crippen LogP contribution in [-0.4, -0.2) is 36.6 Å². The summed E-state index contributed by atoms with van der Waals surface area (Å²) >= 11 is 0. The highest BCUT2D eigenvalue weighted by Gasteiger charge is 2.04. The van der Waals surface area contributed by atoms with E-state index < -0.39 is 0 Å². The van der Waals surface area contributed by atoms with Gasteiger partial charge in [-0.15, -0.1) is 0 Å². The molecule has 19 heavy (non-hydrogen) atoms. The molecule has 1 aromatic carbocycles. The summed E-state index contributed by atoms with van der Waals surface area (Å²) in [6.45, 7) is 7.16. The van der Waals surface area contributed by atoms with Gasteiger partial charge in [0.15, 0.2) is 0 Å². The maximum absolute atomic E-state index is 5.87. The Morgan fingerprint density at radius 3 is 2.84 bits per heavy atom. The number of anilines is 2. The summed E-state index contributed by atoms with van der Waals surface area (Å²) in [5, 5.41) is 4.57. The molecule has 1 heterocycles. The summed E-state index contributed by atoms with van der Waals surface area (Å²) in [4.78, 5) is 6.81. The monoisotopic (exact) mass is 258 g/mol. The summed E-state index contributed by atoms with van der Waals surface area (Å²) in [5.74, 6) is 0. The normalized spacial score (nSPS) is 11.2. The van der Waals surface area contributed by atoms with E-state index in [1.807, 2.05) is 25.1 Å². The van der Waals surface area contributed by atoms with Gasteiger partial charge in [-0.25, -0.2) is 0 Å². The number of pyridine rings is 1. The number of nitrogens with one attached hydrogen (secondary N) is 1. The van der Waals surface area contributed by atoms with Crippen molar-refractivity contribution in [3.63, 3.8) is 0 Å². The number of rotatable bonds is 5. The Hall–Kier alpha value is -1.81. The van der Waals surface area contributed by atoms with Gasteiger partial charge in [0.2, 0.25) is 0 Å². The van der Waals surface area contributed by atoms with Crippen LogP contribution in [0.2, 0.25) is 0 Å². The van der Waals surface area contributed by atoms with E-state index >= 15 is 0 Å². The lowest BCUT2D eigenvalue weighted by Gasteiger charge is -2.16. The van der Waals surface area contributed by atoms with Crippen LogP contribution in [0, 0.1) is 6.92 Å². The molecule has 0 unspecified atom stereocenters. The summed E-state index contributed by atoms with van der Waals surface area (Å²) in [7, 11) is 2.12. The number of nitrogen functional groups attached to an aromatic ring is 1. The third kappa shape index (κ3) is 3.35. The molecule has 2 rings (SSSR count). The Bertz CT molecular complexity index is 565. The molecule has 0 amide bonds. The Kier molecular flexibility index (Phi) is 4.22. The molecule has 0 aliphatic rings. The van der Waals surface area contributed by atoms with Gasteiger partial charge < -0.3 is 16.0 Å². The molecule has 0 spiro atoms. The van der Waals surface area contributed by atoms with Crippen molar-refractivity contribution >= 4 is 22.3 Å². The van der Waals surface area contributed by atoms with Crippen molar-refractivity contribution < 1.29 is 0 Å². The van der Waals surface area contributed by atoms with Gasteiger partial charge in [-0.1, -0.05) is 6.92 Å². The molecule has 0 bridgehead atoms. The average molecular weight is 258 g/mol. The Labute approximate surface area is 114 Å². The van der Waals surface area contributed by atoms with Crippen molar-refractivity contribution in [1.29, 1.82) is 0 Å². The second kappa shape index (κ2) is 5.89. The highest BCUT2D eigenvalue weighted by molar-refractivity contribution is 5.93. The molecule has 0 aliphatic carbocycles. The zero-order valence-electron chi connectivity index (χ0n) is 11.9. The average Bonchev–Trinajstić information content (AvgIpc) is 2.39. The maximum atomic E-state index is 5.87. The first-order chi connectivity index (χ1) is 9.10. The van der Waals surface area contributed by atoms with Crippen molar-refractivity contribution in [3.8, 4) is 0 Å². The van der Waals surface area contributed by atoms with Crippen LogP contribution in [0.3, 0.4) is 0 Å². The van der Waals surface area contributed by atoms with Crippen LogP contribution in [-0.2, 0) is 0 Å². The zero-order chi connectivity index (χ0) is 13.8. The number of nitrogens with two attached hydrogens (primary N) is 1. The van der Waals surface area contributed by atoms with E-state index in [-0.39, 0.29) is 0 Å². The molecular weight excluding hydrogens is 236 g/mol. The summed E-state index contributed by atoms with van der Waals surface area (Å²) in [6, 6.07) is 7.92. The quantitative estimate of drug-likeness (QED) is 0.809. The second-order valence-electron chi connectivity index (χ2n) is 4.91. The van der Waals surface area contributed by atoms with Crippen LogP contribution in [0.5, 0.6) is 0 Å². The van der Waals surface area contributed by atoms with E-state index in [2.05, 4.69) is 35.2 Å². The van der Waals surface area contributed by atoms with E-state index in [4.69, 9.17) is 5.73 Å². The lowest BCUT2D eigenvalue weighted by Crippen LogP contribution is -2.24. The number of hydrogen-bond acceptors (Lipinski definition) is 4. The van der Waals surface area contributed by atoms with Crippen LogP contribution in [0.25, 0.3) is 10.9 Å². The summed E-state index contributed by atoms with van der Waals surface area (Å²) in [5.41, 5.74) is 9.75. The van der Waals surface area contributed by atoms with Crippen LogP contribution in [0.15, 0.2) is 24.3 Å². The number of aromatic nitrogens is 1. The fraction of sp³-hybridized carbons (Fsp3) is 0.400. The molecule has 2 aromatic rings. The Balaban J connectivity index is 2.23. The number of likely N-dealkylation sites (N-methyl/N-ethyl adjacent to an activating group) is 1. The minimum absolute atomic E-state index is 0.770. The van der Waals surface area contributed by atoms with Crippen molar-refractivity contribution in [2.75, 3.05) is 37.7 Å². The van der Waals surface area contributed by atoms with Gasteiger partial charge >= 0.3 is 0 Å². The Morgan fingerprint density at radius 1 is 1.32 bits per heavy atom. The van der Waals surface area contributed by atoms with Gasteiger partial charge in [-0.3, -0.25) is 4.98 Å². The van der Waals surface area contributed by atoms with Crippen LogP contribution < -0.4 is 11.1 Å². The fourth-order valence-electron chi connectivity index (χ4n) is 2.06. The minimum Gasteiger partial charge on any atom is -0.399 e. The van der Waals surface area contributed by atoms with Gasteiger partial charge in [0.1, 0.15) is 0 Å². The van der Waals surface area contributed by atoms with E-state index in [0.717, 1.165) is 47.6 Å². The molecule has 102 valence electrons. The van der Waals surface area contributed by atoms with Crippen molar-refractivity contribution in [2.24, 2.45) is 0 Å². The summed E-state index contributed by atoms with van der Waals surface area (Å²) in [6.07, 6.45) is 0. The molecule has 0 saturated carbocycles. The van der Waals surface area contributed by atoms with Crippen LogP contribution in [0.4, 0.5) is 11.4 Å². The minimum atomic E-state index is 0.770. The topological polar surface area (TPSA) is 54.2 Å². The second-order valence-corrected chi connectivity index (χ2v) is 4.91. The van der Waals surface area contributed by atoms with Crippen molar-refractivity contribution in [1.82, 2.24) is 9.88 Å². The van der Waals surface area contributed by atoms with Crippen molar-refractivity contribution in [2.45, 2.75) is 13.8 Å². The van der Waals surface area contributed by atoms with E-state index in [1.165, 1.54) is 0 Å². The predicted molar refractivity (Wildman–Crippen MR) is 82.6 cm³/mol. The lowest BCUT2D eigenvalue weighted by molar-refractivity contribution is 0.367. The number of fused-ring (bicyclic) bond motifs is 1. The first-order valence-corrected chi connectivity index (χ1v) is 6.69. The van der Waals surface area contributed by atoms with E-state index in [0.29, 0.717) is 0 Å². The zero-order valence-corrected chi connectivity index (χ0v) is 11.9. The molecule has 0 atom stereocenters. The predicted octanol–water partition coefficient (Wildman–Crippen LogP) is 2.49. The molecule has 1 aromatic heterocycles. The largest absolute Gasteiger partial charge is 0.399 e. The molecule has 4 nitrogen and oxygen atoms in total. The molecule has 0 fully saturated rings. The lowest BCUT2D eigenvalue weighted by atomic mass is 10.1. The maximum Gasteiger partial charge on any atom is 0.0727 e. The SMILES string of the molecule is CCN(C)CCNc1cc(C)nc2ccc(N)cc12. The number of benzene rings is 1.